The number of phenols is 1. The molecule has 2 heterocycles. The van der Waals surface area contributed by atoms with Crippen LogP contribution in [0.5, 0.6) is 5.75 Å². The SMILES string of the molecule is C[n+]1ccn(C(=O)N2CCC3(C)c4cccc(O)c4C[C@@H]2C3(C)C)c1. The highest BCUT2D eigenvalue weighted by Crippen LogP contribution is 2.57. The van der Waals surface area contributed by atoms with E-state index in [1.807, 2.05) is 28.8 Å². The fourth-order valence-electron chi connectivity index (χ4n) is 4.87. The fourth-order valence-corrected chi connectivity index (χ4v) is 4.87. The van der Waals surface area contributed by atoms with Crippen molar-refractivity contribution in [1.29, 1.82) is 0 Å². The Morgan fingerprint density at radius 2 is 2.08 bits per heavy atom. The van der Waals surface area contributed by atoms with E-state index in [9.17, 15) is 9.90 Å². The molecule has 5 heteroatoms. The number of phenolic OH excluding ortho intramolecular Hbond substituents is 1. The topological polar surface area (TPSA) is 49.3 Å². The van der Waals surface area contributed by atoms with Crippen LogP contribution in [-0.4, -0.2) is 33.2 Å². The molecule has 2 aromatic rings. The third kappa shape index (κ3) is 2.08. The normalized spacial score (nSPS) is 27.0. The van der Waals surface area contributed by atoms with Gasteiger partial charge in [0.2, 0.25) is 0 Å². The number of amides is 1. The summed E-state index contributed by atoms with van der Waals surface area (Å²) in [5, 5.41) is 10.4. The summed E-state index contributed by atoms with van der Waals surface area (Å²) in [7, 11) is 1.91. The first-order chi connectivity index (χ1) is 11.8. The standard InChI is InChI=1S/C20H25N3O2/c1-19(2)17-12-14-15(6-5-7-16(14)24)20(19,3)8-9-23(17)18(25)22-11-10-21(4)13-22/h5-7,10-11,13,17H,8-9,12H2,1-4H3/p+1/t17-,20?/m1/s1. The van der Waals surface area contributed by atoms with Gasteiger partial charge in [-0.15, -0.1) is 0 Å². The molecule has 1 unspecified atom stereocenters. The highest BCUT2D eigenvalue weighted by molar-refractivity contribution is 5.77. The molecule has 4 rings (SSSR count). The van der Waals surface area contributed by atoms with Crippen LogP contribution < -0.4 is 4.57 Å². The molecular formula is C20H26N3O2+. The molecule has 132 valence electrons. The van der Waals surface area contributed by atoms with Crippen LogP contribution in [0.25, 0.3) is 0 Å². The highest BCUT2D eigenvalue weighted by Gasteiger charge is 2.57. The van der Waals surface area contributed by atoms with E-state index in [2.05, 4.69) is 26.8 Å². The number of nitrogens with zero attached hydrogens (tertiary/aromatic N) is 3. The molecule has 1 aromatic heterocycles. The van der Waals surface area contributed by atoms with Crippen LogP contribution in [0, 0.1) is 5.41 Å². The summed E-state index contributed by atoms with van der Waals surface area (Å²) in [5.74, 6) is 0.353. The van der Waals surface area contributed by atoms with Gasteiger partial charge in [-0.05, 0) is 35.4 Å². The Labute approximate surface area is 148 Å². The van der Waals surface area contributed by atoms with E-state index in [0.29, 0.717) is 12.2 Å². The second-order valence-electron chi connectivity index (χ2n) is 8.29. The van der Waals surface area contributed by atoms with Crippen molar-refractivity contribution in [2.75, 3.05) is 6.54 Å². The molecular weight excluding hydrogens is 314 g/mol. The van der Waals surface area contributed by atoms with Gasteiger partial charge in [0.05, 0.1) is 7.05 Å². The van der Waals surface area contributed by atoms with Crippen LogP contribution in [0.4, 0.5) is 4.79 Å². The minimum absolute atomic E-state index is 0.0135. The maximum Gasteiger partial charge on any atom is 0.416 e. The molecule has 0 saturated carbocycles. The Bertz CT molecular complexity index is 854. The zero-order valence-electron chi connectivity index (χ0n) is 15.4. The molecule has 1 aliphatic carbocycles. The van der Waals surface area contributed by atoms with Gasteiger partial charge in [0.25, 0.3) is 6.33 Å². The summed E-state index contributed by atoms with van der Waals surface area (Å²) in [6.07, 6.45) is 7.07. The smallest absolute Gasteiger partial charge is 0.416 e. The van der Waals surface area contributed by atoms with Gasteiger partial charge >= 0.3 is 6.03 Å². The van der Waals surface area contributed by atoms with Crippen LogP contribution in [0.15, 0.2) is 36.9 Å². The first kappa shape index (κ1) is 16.2. The zero-order chi connectivity index (χ0) is 18.0. The first-order valence-corrected chi connectivity index (χ1v) is 8.91. The van der Waals surface area contributed by atoms with Crippen LogP contribution in [-0.2, 0) is 18.9 Å². The largest absolute Gasteiger partial charge is 0.508 e. The number of benzene rings is 1. The van der Waals surface area contributed by atoms with Crippen molar-refractivity contribution >= 4 is 6.03 Å². The lowest BCUT2D eigenvalue weighted by Gasteiger charge is -2.60. The summed E-state index contributed by atoms with van der Waals surface area (Å²) in [6.45, 7) is 7.55. The van der Waals surface area contributed by atoms with Crippen molar-refractivity contribution in [2.45, 2.75) is 45.1 Å². The number of aromatic nitrogens is 2. The number of carbonyl (C=O) groups excluding carboxylic acids is 1. The lowest BCUT2D eigenvalue weighted by atomic mass is 9.51. The molecule has 2 aliphatic rings. The summed E-state index contributed by atoms with van der Waals surface area (Å²) < 4.78 is 3.53. The number of fused-ring (bicyclic) bond motifs is 4. The predicted molar refractivity (Wildman–Crippen MR) is 94.5 cm³/mol. The minimum atomic E-state index is -0.0724. The Kier molecular flexibility index (Phi) is 3.30. The van der Waals surface area contributed by atoms with E-state index < -0.39 is 0 Å². The van der Waals surface area contributed by atoms with Gasteiger partial charge in [0.1, 0.15) is 18.1 Å². The van der Waals surface area contributed by atoms with Crippen LogP contribution >= 0.6 is 0 Å². The number of likely N-dealkylation sites (tertiary alicyclic amines) is 1. The lowest BCUT2D eigenvalue weighted by molar-refractivity contribution is -0.670. The number of hydrogen-bond donors (Lipinski definition) is 1. The molecule has 1 aromatic carbocycles. The molecule has 5 nitrogen and oxygen atoms in total. The number of rotatable bonds is 0. The van der Waals surface area contributed by atoms with E-state index in [1.165, 1.54) is 5.56 Å². The molecule has 1 fully saturated rings. The minimum Gasteiger partial charge on any atom is -0.508 e. The summed E-state index contributed by atoms with van der Waals surface area (Å²) >= 11 is 0. The number of piperidine rings is 1. The monoisotopic (exact) mass is 340 g/mol. The van der Waals surface area contributed by atoms with Gasteiger partial charge in [0, 0.05) is 18.0 Å². The van der Waals surface area contributed by atoms with Gasteiger partial charge < -0.3 is 10.0 Å². The molecule has 1 amide bonds. The third-order valence-corrected chi connectivity index (χ3v) is 6.86. The molecule has 2 bridgehead atoms. The van der Waals surface area contributed by atoms with Crippen molar-refractivity contribution in [3.63, 3.8) is 0 Å². The third-order valence-electron chi connectivity index (χ3n) is 6.86. The Hall–Kier alpha value is -2.30. The number of hydrogen-bond acceptors (Lipinski definition) is 2. The Balaban J connectivity index is 1.80. The maximum absolute atomic E-state index is 13.1. The fraction of sp³-hybridized carbons (Fsp3) is 0.500. The zero-order valence-corrected chi connectivity index (χ0v) is 15.4. The number of carbonyl (C=O) groups is 1. The molecule has 1 saturated heterocycles. The maximum atomic E-state index is 13.1. The van der Waals surface area contributed by atoms with Gasteiger partial charge in [-0.25, -0.2) is 9.36 Å². The van der Waals surface area contributed by atoms with E-state index in [1.54, 1.807) is 23.2 Å². The predicted octanol–water partition coefficient (Wildman–Crippen LogP) is 2.60. The van der Waals surface area contributed by atoms with Gasteiger partial charge in [-0.3, -0.25) is 0 Å². The number of aryl methyl sites for hydroxylation is 1. The second kappa shape index (κ2) is 5.10. The van der Waals surface area contributed by atoms with Crippen LogP contribution in [0.3, 0.4) is 0 Å². The first-order valence-electron chi connectivity index (χ1n) is 8.91. The van der Waals surface area contributed by atoms with E-state index in [0.717, 1.165) is 18.5 Å². The Morgan fingerprint density at radius 3 is 2.76 bits per heavy atom. The molecule has 1 aliphatic heterocycles. The van der Waals surface area contributed by atoms with Crippen LogP contribution in [0.1, 0.15) is 38.3 Å². The highest BCUT2D eigenvalue weighted by atomic mass is 16.3. The molecule has 0 spiro atoms. The second-order valence-corrected chi connectivity index (χ2v) is 8.29. The van der Waals surface area contributed by atoms with Crippen molar-refractivity contribution in [3.05, 3.63) is 48.0 Å². The average molecular weight is 340 g/mol. The quantitative estimate of drug-likeness (QED) is 0.750. The average Bonchev–Trinajstić information content (AvgIpc) is 2.98. The van der Waals surface area contributed by atoms with E-state index in [-0.39, 0.29) is 22.9 Å². The molecule has 25 heavy (non-hydrogen) atoms. The van der Waals surface area contributed by atoms with Gasteiger partial charge in [-0.1, -0.05) is 32.9 Å². The molecule has 2 atom stereocenters. The van der Waals surface area contributed by atoms with Crippen LogP contribution in [0.2, 0.25) is 0 Å². The van der Waals surface area contributed by atoms with Crippen molar-refractivity contribution < 1.29 is 14.5 Å². The van der Waals surface area contributed by atoms with Gasteiger partial charge in [-0.2, -0.15) is 4.57 Å². The summed E-state index contributed by atoms with van der Waals surface area (Å²) in [4.78, 5) is 15.1. The molecule has 0 radical (unpaired) electrons. The summed E-state index contributed by atoms with van der Waals surface area (Å²) in [5.41, 5.74) is 2.12. The Morgan fingerprint density at radius 1 is 1.32 bits per heavy atom. The number of imidazole rings is 1. The van der Waals surface area contributed by atoms with Gasteiger partial charge in [0.15, 0.2) is 0 Å². The lowest BCUT2D eigenvalue weighted by Crippen LogP contribution is -2.65. The van der Waals surface area contributed by atoms with Crippen molar-refractivity contribution in [2.24, 2.45) is 12.5 Å². The summed E-state index contributed by atoms with van der Waals surface area (Å²) in [6, 6.07) is 5.92. The van der Waals surface area contributed by atoms with Crippen molar-refractivity contribution in [3.8, 4) is 5.75 Å². The van der Waals surface area contributed by atoms with E-state index in [4.69, 9.17) is 0 Å². The van der Waals surface area contributed by atoms with E-state index >= 15 is 0 Å². The number of aromatic hydroxyl groups is 1. The molecule has 1 N–H and O–H groups in total. The van der Waals surface area contributed by atoms with Crippen molar-refractivity contribution in [1.82, 2.24) is 9.47 Å².